The number of benzene rings is 1. The first-order valence-corrected chi connectivity index (χ1v) is 8.52. The van der Waals surface area contributed by atoms with Crippen molar-refractivity contribution in [3.8, 4) is 0 Å². The van der Waals surface area contributed by atoms with Crippen molar-refractivity contribution in [2.24, 2.45) is 5.92 Å². The van der Waals surface area contributed by atoms with Gasteiger partial charge in [-0.05, 0) is 36.2 Å². The molecule has 1 aliphatic rings. The normalized spacial score (nSPS) is 21.0. The van der Waals surface area contributed by atoms with Gasteiger partial charge in [-0.15, -0.1) is 0 Å². The average Bonchev–Trinajstić information content (AvgIpc) is 2.96. The second kappa shape index (κ2) is 6.86. The summed E-state index contributed by atoms with van der Waals surface area (Å²) in [5.74, 6) is -0.101. The molecular weight excluding hydrogens is 317 g/mol. The number of hydrogen-bond donors (Lipinski definition) is 1. The number of β-amino-alcohol motifs (C(OH)–C–C–N with tert-alkyl or cyclic N) is 1. The summed E-state index contributed by atoms with van der Waals surface area (Å²) in [6.45, 7) is 2.04. The van der Waals surface area contributed by atoms with Crippen LogP contribution in [-0.4, -0.2) is 39.2 Å². The molecule has 5 heteroatoms. The molecule has 0 amide bonds. The van der Waals surface area contributed by atoms with E-state index < -0.39 is 0 Å². The standard InChI is InChI=1S/C20H20FN3O/c21-18-3-1-2-15-4-5-17(23-20(15)18)12-24-11-16(19(25)13-24)10-14-6-8-22-9-7-14/h1-9,16,19,25H,10-13H2/t16-,19+/m1/s1. The minimum atomic E-state index is -0.356. The summed E-state index contributed by atoms with van der Waals surface area (Å²) in [6, 6.07) is 12.8. The maximum absolute atomic E-state index is 13.9. The number of rotatable bonds is 4. The van der Waals surface area contributed by atoms with Gasteiger partial charge in [0, 0.05) is 43.3 Å². The van der Waals surface area contributed by atoms with Crippen LogP contribution in [0.4, 0.5) is 4.39 Å². The number of para-hydroxylation sites is 1. The largest absolute Gasteiger partial charge is 0.391 e. The van der Waals surface area contributed by atoms with Crippen LogP contribution in [0.25, 0.3) is 10.9 Å². The van der Waals surface area contributed by atoms with Crippen LogP contribution in [0.3, 0.4) is 0 Å². The van der Waals surface area contributed by atoms with Crippen molar-refractivity contribution in [1.29, 1.82) is 0 Å². The van der Waals surface area contributed by atoms with Gasteiger partial charge in [0.25, 0.3) is 0 Å². The van der Waals surface area contributed by atoms with Crippen LogP contribution in [0.15, 0.2) is 54.9 Å². The Labute approximate surface area is 146 Å². The summed E-state index contributed by atoms with van der Waals surface area (Å²) >= 11 is 0. The quantitative estimate of drug-likeness (QED) is 0.795. The first kappa shape index (κ1) is 16.1. The Kier molecular flexibility index (Phi) is 4.42. The molecule has 1 saturated heterocycles. The molecule has 0 unspecified atom stereocenters. The van der Waals surface area contributed by atoms with Crippen molar-refractivity contribution in [3.05, 3.63) is 71.9 Å². The average molecular weight is 337 g/mol. The number of pyridine rings is 2. The highest BCUT2D eigenvalue weighted by Crippen LogP contribution is 2.23. The van der Waals surface area contributed by atoms with Crippen molar-refractivity contribution in [1.82, 2.24) is 14.9 Å². The fourth-order valence-corrected chi connectivity index (χ4v) is 3.56. The van der Waals surface area contributed by atoms with Gasteiger partial charge in [-0.2, -0.15) is 0 Å². The highest BCUT2D eigenvalue weighted by Gasteiger charge is 2.31. The molecule has 0 bridgehead atoms. The Morgan fingerprint density at radius 1 is 1.08 bits per heavy atom. The van der Waals surface area contributed by atoms with Gasteiger partial charge in [-0.3, -0.25) is 9.88 Å². The van der Waals surface area contributed by atoms with Gasteiger partial charge in [0.05, 0.1) is 11.8 Å². The van der Waals surface area contributed by atoms with E-state index in [1.54, 1.807) is 18.5 Å². The zero-order chi connectivity index (χ0) is 17.2. The number of nitrogens with zero attached hydrogens (tertiary/aromatic N) is 3. The van der Waals surface area contributed by atoms with Gasteiger partial charge < -0.3 is 5.11 Å². The van der Waals surface area contributed by atoms with Crippen LogP contribution in [0.5, 0.6) is 0 Å². The zero-order valence-electron chi connectivity index (χ0n) is 13.8. The van der Waals surface area contributed by atoms with Crippen LogP contribution >= 0.6 is 0 Å². The summed E-state index contributed by atoms with van der Waals surface area (Å²) in [6.07, 6.45) is 4.04. The maximum Gasteiger partial charge on any atom is 0.149 e. The number of likely N-dealkylation sites (tertiary alicyclic amines) is 1. The fourth-order valence-electron chi connectivity index (χ4n) is 3.56. The molecular formula is C20H20FN3O. The lowest BCUT2D eigenvalue weighted by Gasteiger charge is -2.15. The van der Waals surface area contributed by atoms with Gasteiger partial charge in [-0.25, -0.2) is 9.37 Å². The summed E-state index contributed by atoms with van der Waals surface area (Å²) in [5, 5.41) is 11.2. The molecule has 0 radical (unpaired) electrons. The van der Waals surface area contributed by atoms with E-state index in [1.165, 1.54) is 11.6 Å². The summed E-state index contributed by atoms with van der Waals surface area (Å²) in [7, 11) is 0. The van der Waals surface area contributed by atoms with Crippen LogP contribution in [-0.2, 0) is 13.0 Å². The molecule has 1 aliphatic heterocycles. The van der Waals surface area contributed by atoms with Crippen molar-refractivity contribution in [2.45, 2.75) is 19.1 Å². The number of aliphatic hydroxyl groups excluding tert-OH is 1. The topological polar surface area (TPSA) is 49.2 Å². The Morgan fingerprint density at radius 3 is 2.76 bits per heavy atom. The predicted octanol–water partition coefficient (Wildman–Crippen LogP) is 2.80. The van der Waals surface area contributed by atoms with E-state index >= 15 is 0 Å². The van der Waals surface area contributed by atoms with E-state index in [-0.39, 0.29) is 17.8 Å². The summed E-state index contributed by atoms with van der Waals surface area (Å²) in [5.41, 5.74) is 2.43. The molecule has 0 aliphatic carbocycles. The molecule has 1 aromatic carbocycles. The van der Waals surface area contributed by atoms with Gasteiger partial charge in [0.15, 0.2) is 0 Å². The third-order valence-electron chi connectivity index (χ3n) is 4.84. The first-order valence-electron chi connectivity index (χ1n) is 8.52. The Bertz CT molecular complexity index is 871. The molecule has 4 rings (SSSR count). The van der Waals surface area contributed by atoms with E-state index in [1.807, 2.05) is 30.3 Å². The van der Waals surface area contributed by atoms with Crippen LogP contribution in [0.1, 0.15) is 11.3 Å². The van der Waals surface area contributed by atoms with Gasteiger partial charge >= 0.3 is 0 Å². The highest BCUT2D eigenvalue weighted by atomic mass is 19.1. The molecule has 2 aromatic heterocycles. The van der Waals surface area contributed by atoms with Crippen molar-refractivity contribution in [3.63, 3.8) is 0 Å². The monoisotopic (exact) mass is 337 g/mol. The molecule has 1 N–H and O–H groups in total. The minimum Gasteiger partial charge on any atom is -0.391 e. The van der Waals surface area contributed by atoms with Crippen molar-refractivity contribution >= 4 is 10.9 Å². The molecule has 3 aromatic rings. The van der Waals surface area contributed by atoms with Gasteiger partial charge in [-0.1, -0.05) is 18.2 Å². The Balaban J connectivity index is 1.46. The van der Waals surface area contributed by atoms with Crippen molar-refractivity contribution < 1.29 is 9.50 Å². The Morgan fingerprint density at radius 2 is 1.92 bits per heavy atom. The van der Waals surface area contributed by atoms with E-state index in [2.05, 4.69) is 14.9 Å². The SMILES string of the molecule is O[C@H]1CN(Cc2ccc3cccc(F)c3n2)C[C@H]1Cc1ccncc1. The Hall–Kier alpha value is -2.37. The molecule has 4 nitrogen and oxygen atoms in total. The number of aromatic nitrogens is 2. The third kappa shape index (κ3) is 3.52. The lowest BCUT2D eigenvalue weighted by atomic mass is 9.97. The highest BCUT2D eigenvalue weighted by molar-refractivity contribution is 5.79. The number of hydrogen-bond acceptors (Lipinski definition) is 4. The fraction of sp³-hybridized carbons (Fsp3) is 0.300. The molecule has 2 atom stereocenters. The smallest absolute Gasteiger partial charge is 0.149 e. The summed E-state index contributed by atoms with van der Waals surface area (Å²) in [4.78, 5) is 10.7. The van der Waals surface area contributed by atoms with E-state index in [9.17, 15) is 9.50 Å². The van der Waals surface area contributed by atoms with Crippen molar-refractivity contribution in [2.75, 3.05) is 13.1 Å². The third-order valence-corrected chi connectivity index (χ3v) is 4.84. The van der Waals surface area contributed by atoms with Gasteiger partial charge in [0.1, 0.15) is 11.3 Å². The van der Waals surface area contributed by atoms with E-state index in [0.717, 1.165) is 24.0 Å². The molecule has 0 spiro atoms. The lowest BCUT2D eigenvalue weighted by molar-refractivity contribution is 0.141. The molecule has 1 fully saturated rings. The molecule has 128 valence electrons. The van der Waals surface area contributed by atoms with Crippen LogP contribution in [0.2, 0.25) is 0 Å². The molecule has 0 saturated carbocycles. The predicted molar refractivity (Wildman–Crippen MR) is 94.4 cm³/mol. The lowest BCUT2D eigenvalue weighted by Crippen LogP contribution is -2.22. The number of halogens is 1. The molecule has 25 heavy (non-hydrogen) atoms. The van der Waals surface area contributed by atoms with E-state index in [4.69, 9.17) is 0 Å². The molecule has 3 heterocycles. The zero-order valence-corrected chi connectivity index (χ0v) is 13.8. The second-order valence-electron chi connectivity index (χ2n) is 6.70. The van der Waals surface area contributed by atoms with Crippen LogP contribution in [0, 0.1) is 11.7 Å². The minimum absolute atomic E-state index is 0.194. The number of fused-ring (bicyclic) bond motifs is 1. The first-order chi connectivity index (χ1) is 12.2. The van der Waals surface area contributed by atoms with Crippen LogP contribution < -0.4 is 0 Å². The summed E-state index contributed by atoms with van der Waals surface area (Å²) < 4.78 is 13.9. The number of aliphatic hydroxyl groups is 1. The maximum atomic E-state index is 13.9. The van der Waals surface area contributed by atoms with Gasteiger partial charge in [0.2, 0.25) is 0 Å². The second-order valence-corrected chi connectivity index (χ2v) is 6.70. The van der Waals surface area contributed by atoms with E-state index in [0.29, 0.717) is 18.6 Å².